The molecule has 2 unspecified atom stereocenters. The van der Waals surface area contributed by atoms with Crippen LogP contribution in [0.3, 0.4) is 0 Å². The van der Waals surface area contributed by atoms with Gasteiger partial charge in [-0.25, -0.2) is 0 Å². The third kappa shape index (κ3) is 2.59. The molecule has 0 amide bonds. The van der Waals surface area contributed by atoms with Crippen molar-refractivity contribution in [3.8, 4) is 11.5 Å². The van der Waals surface area contributed by atoms with Crippen LogP contribution in [0.2, 0.25) is 0 Å². The number of nitrogens with zero attached hydrogens (tertiary/aromatic N) is 3. The topological polar surface area (TPSA) is 87.2 Å². The summed E-state index contributed by atoms with van der Waals surface area (Å²) in [6, 6.07) is 7.51. The van der Waals surface area contributed by atoms with E-state index in [9.17, 15) is 0 Å². The Morgan fingerprint density at radius 2 is 2.25 bits per heavy atom. The molecule has 2 atom stereocenters. The molecule has 0 aliphatic carbocycles. The Hall–Kier alpha value is -2.12. The number of hydrogen-bond donors (Lipinski definition) is 2. The lowest BCUT2D eigenvalue weighted by molar-refractivity contribution is 0.0617. The molecule has 0 saturated heterocycles. The largest absolute Gasteiger partial charge is 0.486 e. The van der Waals surface area contributed by atoms with Crippen molar-refractivity contribution < 1.29 is 9.47 Å². The van der Waals surface area contributed by atoms with E-state index < -0.39 is 0 Å². The van der Waals surface area contributed by atoms with Crippen LogP contribution in [0.1, 0.15) is 5.69 Å². The van der Waals surface area contributed by atoms with E-state index in [1.807, 2.05) is 37.5 Å². The first-order valence-corrected chi connectivity index (χ1v) is 6.46. The van der Waals surface area contributed by atoms with Gasteiger partial charge in [-0.3, -0.25) is 16.0 Å². The number of rotatable bonds is 4. The summed E-state index contributed by atoms with van der Waals surface area (Å²) >= 11 is 0. The van der Waals surface area contributed by atoms with Crippen LogP contribution in [-0.4, -0.2) is 33.7 Å². The predicted molar refractivity (Wildman–Crippen MR) is 72.2 cm³/mol. The van der Waals surface area contributed by atoms with Gasteiger partial charge in [-0.2, -0.15) is 0 Å². The number of ether oxygens (including phenoxy) is 2. The number of para-hydroxylation sites is 2. The summed E-state index contributed by atoms with van der Waals surface area (Å²) in [5.41, 5.74) is 3.64. The van der Waals surface area contributed by atoms with Crippen LogP contribution in [0.25, 0.3) is 0 Å². The van der Waals surface area contributed by atoms with E-state index in [0.717, 1.165) is 17.2 Å². The molecule has 20 heavy (non-hydrogen) atoms. The van der Waals surface area contributed by atoms with Crippen LogP contribution in [0.4, 0.5) is 0 Å². The first kappa shape index (κ1) is 12.9. The van der Waals surface area contributed by atoms with E-state index in [4.69, 9.17) is 15.3 Å². The Labute approximate surface area is 116 Å². The summed E-state index contributed by atoms with van der Waals surface area (Å²) in [5, 5.41) is 7.97. The number of nitrogens with two attached hydrogens (primary N) is 1. The molecular weight excluding hydrogens is 258 g/mol. The highest BCUT2D eigenvalue weighted by atomic mass is 16.6. The number of hydrazine groups is 1. The Morgan fingerprint density at radius 1 is 1.45 bits per heavy atom. The van der Waals surface area contributed by atoms with Crippen molar-refractivity contribution in [1.29, 1.82) is 0 Å². The van der Waals surface area contributed by atoms with E-state index >= 15 is 0 Å². The van der Waals surface area contributed by atoms with Gasteiger partial charge in [0.05, 0.1) is 11.7 Å². The molecule has 2 aromatic rings. The van der Waals surface area contributed by atoms with E-state index in [1.54, 1.807) is 4.68 Å². The summed E-state index contributed by atoms with van der Waals surface area (Å²) in [5.74, 6) is 7.14. The molecule has 1 aromatic heterocycles. The van der Waals surface area contributed by atoms with Crippen LogP contribution in [0.5, 0.6) is 11.5 Å². The van der Waals surface area contributed by atoms with Crippen LogP contribution >= 0.6 is 0 Å². The average Bonchev–Trinajstić information content (AvgIpc) is 2.89. The molecule has 3 N–H and O–H groups in total. The fourth-order valence-corrected chi connectivity index (χ4v) is 2.25. The number of aromatic nitrogens is 3. The summed E-state index contributed by atoms with van der Waals surface area (Å²) in [4.78, 5) is 0. The Morgan fingerprint density at radius 3 is 2.95 bits per heavy atom. The Bertz CT molecular complexity index is 586. The third-order valence-corrected chi connectivity index (χ3v) is 3.27. The van der Waals surface area contributed by atoms with Crippen molar-refractivity contribution in [1.82, 2.24) is 20.4 Å². The van der Waals surface area contributed by atoms with Crippen molar-refractivity contribution in [3.63, 3.8) is 0 Å². The first-order chi connectivity index (χ1) is 9.76. The maximum Gasteiger partial charge on any atom is 0.161 e. The molecule has 1 aliphatic heterocycles. The molecule has 0 radical (unpaired) electrons. The van der Waals surface area contributed by atoms with Gasteiger partial charge in [-0.05, 0) is 12.1 Å². The number of hydrogen-bond acceptors (Lipinski definition) is 6. The highest BCUT2D eigenvalue weighted by molar-refractivity contribution is 5.40. The zero-order chi connectivity index (χ0) is 13.9. The van der Waals surface area contributed by atoms with Crippen molar-refractivity contribution >= 4 is 0 Å². The standard InChI is InChI=1S/C13H17N5O2/c1-18-7-9(16-17-18)6-10(15-14)13-8-19-11-4-2-3-5-12(11)20-13/h2-5,7,10,13,15H,6,8,14H2,1H3. The maximum atomic E-state index is 5.94. The molecule has 0 spiro atoms. The van der Waals surface area contributed by atoms with Crippen molar-refractivity contribution in [2.75, 3.05) is 6.61 Å². The second kappa shape index (κ2) is 5.48. The average molecular weight is 275 g/mol. The molecule has 0 bridgehead atoms. The summed E-state index contributed by atoms with van der Waals surface area (Å²) in [7, 11) is 1.83. The monoisotopic (exact) mass is 275 g/mol. The molecule has 1 aliphatic rings. The Kier molecular flexibility index (Phi) is 3.53. The highest BCUT2D eigenvalue weighted by Crippen LogP contribution is 2.31. The van der Waals surface area contributed by atoms with Gasteiger partial charge >= 0.3 is 0 Å². The second-order valence-electron chi connectivity index (χ2n) is 4.77. The highest BCUT2D eigenvalue weighted by Gasteiger charge is 2.29. The van der Waals surface area contributed by atoms with Gasteiger partial charge in [-0.15, -0.1) is 5.10 Å². The predicted octanol–water partition coefficient (Wildman–Crippen LogP) is 0.0295. The third-order valence-electron chi connectivity index (χ3n) is 3.27. The van der Waals surface area contributed by atoms with E-state index in [2.05, 4.69) is 15.7 Å². The van der Waals surface area contributed by atoms with Gasteiger partial charge in [0.25, 0.3) is 0 Å². The molecule has 106 valence electrons. The van der Waals surface area contributed by atoms with Gasteiger partial charge in [0.1, 0.15) is 12.7 Å². The molecule has 7 nitrogen and oxygen atoms in total. The fourth-order valence-electron chi connectivity index (χ4n) is 2.25. The quantitative estimate of drug-likeness (QED) is 0.604. The summed E-state index contributed by atoms with van der Waals surface area (Å²) in [6.45, 7) is 0.451. The van der Waals surface area contributed by atoms with E-state index in [-0.39, 0.29) is 12.1 Å². The molecule has 0 fully saturated rings. The second-order valence-corrected chi connectivity index (χ2v) is 4.77. The minimum Gasteiger partial charge on any atom is -0.486 e. The number of nitrogens with one attached hydrogen (secondary N) is 1. The lowest BCUT2D eigenvalue weighted by Gasteiger charge is -2.31. The van der Waals surface area contributed by atoms with Gasteiger partial charge in [-0.1, -0.05) is 17.3 Å². The molecule has 7 heteroatoms. The lowest BCUT2D eigenvalue weighted by Crippen LogP contribution is -2.51. The van der Waals surface area contributed by atoms with Crippen molar-refractivity contribution in [2.24, 2.45) is 12.9 Å². The maximum absolute atomic E-state index is 5.94. The van der Waals surface area contributed by atoms with Gasteiger partial charge in [0.2, 0.25) is 0 Å². The zero-order valence-electron chi connectivity index (χ0n) is 11.2. The minimum atomic E-state index is -0.170. The molecule has 3 rings (SSSR count). The van der Waals surface area contributed by atoms with Gasteiger partial charge in [0.15, 0.2) is 11.5 Å². The first-order valence-electron chi connectivity index (χ1n) is 6.46. The van der Waals surface area contributed by atoms with Crippen LogP contribution in [-0.2, 0) is 13.5 Å². The Balaban J connectivity index is 1.71. The molecule has 1 aromatic carbocycles. The fraction of sp³-hybridized carbons (Fsp3) is 0.385. The molecule has 2 heterocycles. The lowest BCUT2D eigenvalue weighted by atomic mass is 10.1. The summed E-state index contributed by atoms with van der Waals surface area (Å²) in [6.07, 6.45) is 2.32. The number of fused-ring (bicyclic) bond motifs is 1. The van der Waals surface area contributed by atoms with E-state index in [1.165, 1.54) is 0 Å². The summed E-state index contributed by atoms with van der Waals surface area (Å²) < 4.78 is 13.3. The van der Waals surface area contributed by atoms with Crippen molar-refractivity contribution in [3.05, 3.63) is 36.2 Å². The number of benzene rings is 1. The van der Waals surface area contributed by atoms with Crippen LogP contribution < -0.4 is 20.7 Å². The molecule has 0 saturated carbocycles. The van der Waals surface area contributed by atoms with Gasteiger partial charge < -0.3 is 9.47 Å². The SMILES string of the molecule is Cn1cc(CC(NN)C2COc3ccccc3O2)nn1. The molecular formula is C13H17N5O2. The normalized spacial score (nSPS) is 18.8. The minimum absolute atomic E-state index is 0.0972. The smallest absolute Gasteiger partial charge is 0.161 e. The zero-order valence-corrected chi connectivity index (χ0v) is 11.2. The van der Waals surface area contributed by atoms with Crippen LogP contribution in [0.15, 0.2) is 30.5 Å². The van der Waals surface area contributed by atoms with E-state index in [0.29, 0.717) is 13.0 Å². The van der Waals surface area contributed by atoms with Gasteiger partial charge in [0, 0.05) is 19.7 Å². The van der Waals surface area contributed by atoms with Crippen LogP contribution in [0, 0.1) is 0 Å². The number of aryl methyl sites for hydroxylation is 1. The van der Waals surface area contributed by atoms with Crippen molar-refractivity contribution in [2.45, 2.75) is 18.6 Å².